The smallest absolute Gasteiger partial charge is 0.191 e. The van der Waals surface area contributed by atoms with Gasteiger partial charge in [0.2, 0.25) is 0 Å². The maximum atomic E-state index is 12.3. The summed E-state index contributed by atoms with van der Waals surface area (Å²) in [4.78, 5) is 12.3. The van der Waals surface area contributed by atoms with Gasteiger partial charge in [-0.1, -0.05) is 30.3 Å². The molecule has 1 aliphatic carbocycles. The van der Waals surface area contributed by atoms with Crippen molar-refractivity contribution in [3.63, 3.8) is 0 Å². The zero-order valence-corrected chi connectivity index (χ0v) is 11.8. The molecule has 2 aliphatic rings. The Kier molecular flexibility index (Phi) is 3.14. The maximum absolute atomic E-state index is 12.3. The molecular weight excluding hydrogens is 284 g/mol. The molecule has 2 heterocycles. The van der Waals surface area contributed by atoms with Gasteiger partial charge >= 0.3 is 0 Å². The van der Waals surface area contributed by atoms with E-state index in [9.17, 15) is 15.0 Å². The summed E-state index contributed by atoms with van der Waals surface area (Å²) >= 11 is 0. The number of benzene rings is 1. The lowest BCUT2D eigenvalue weighted by atomic mass is 9.92. The van der Waals surface area contributed by atoms with Crippen LogP contribution < -0.4 is 5.43 Å². The number of hydrogen-bond donors (Lipinski definition) is 2. The van der Waals surface area contributed by atoms with Crippen molar-refractivity contribution in [1.29, 1.82) is 0 Å². The van der Waals surface area contributed by atoms with Gasteiger partial charge in [-0.25, -0.2) is 0 Å². The lowest BCUT2D eigenvalue weighted by Gasteiger charge is -2.21. The van der Waals surface area contributed by atoms with E-state index in [1.54, 1.807) is 0 Å². The number of epoxide rings is 1. The van der Waals surface area contributed by atoms with Crippen molar-refractivity contribution in [1.82, 2.24) is 0 Å². The van der Waals surface area contributed by atoms with Gasteiger partial charge in [0.05, 0.1) is 5.56 Å². The van der Waals surface area contributed by atoms with Crippen molar-refractivity contribution in [2.24, 2.45) is 0 Å². The largest absolute Gasteiger partial charge is 0.463 e. The van der Waals surface area contributed by atoms with Crippen LogP contribution in [-0.4, -0.2) is 22.4 Å². The topological polar surface area (TPSA) is 83.2 Å². The Morgan fingerprint density at radius 1 is 1.09 bits per heavy atom. The molecule has 0 spiro atoms. The van der Waals surface area contributed by atoms with E-state index in [0.717, 1.165) is 12.0 Å². The van der Waals surface area contributed by atoms with E-state index < -0.39 is 24.4 Å². The third-order valence-corrected chi connectivity index (χ3v) is 4.31. The molecule has 4 rings (SSSR count). The van der Waals surface area contributed by atoms with Gasteiger partial charge in [-0.15, -0.1) is 0 Å². The van der Waals surface area contributed by atoms with Crippen LogP contribution >= 0.6 is 0 Å². The summed E-state index contributed by atoms with van der Waals surface area (Å²) in [6.45, 7) is 0. The average Bonchev–Trinajstić information content (AvgIpc) is 3.32. The summed E-state index contributed by atoms with van der Waals surface area (Å²) in [6, 6.07) is 11.4. The molecule has 5 nitrogen and oxygen atoms in total. The van der Waals surface area contributed by atoms with Crippen molar-refractivity contribution < 1.29 is 19.4 Å². The number of fused-ring (bicyclic) bond motifs is 3. The Balaban J connectivity index is 1.63. The summed E-state index contributed by atoms with van der Waals surface area (Å²) < 4.78 is 11.0. The van der Waals surface area contributed by atoms with Crippen LogP contribution in [0.3, 0.4) is 0 Å². The lowest BCUT2D eigenvalue weighted by Crippen LogP contribution is -2.32. The Morgan fingerprint density at radius 2 is 1.86 bits per heavy atom. The van der Waals surface area contributed by atoms with Crippen LogP contribution in [0.2, 0.25) is 0 Å². The second kappa shape index (κ2) is 5.05. The number of aryl methyl sites for hydroxylation is 2. The van der Waals surface area contributed by atoms with Crippen LogP contribution in [0.25, 0.3) is 0 Å². The summed E-state index contributed by atoms with van der Waals surface area (Å²) in [6.07, 6.45) is -1.87. The lowest BCUT2D eigenvalue weighted by molar-refractivity contribution is -0.0137. The number of aliphatic hydroxyl groups excluding tert-OH is 2. The molecule has 1 aromatic heterocycles. The first-order chi connectivity index (χ1) is 10.6. The van der Waals surface area contributed by atoms with Crippen molar-refractivity contribution in [3.05, 3.63) is 69.3 Å². The molecule has 2 N–H and O–H groups in total. The van der Waals surface area contributed by atoms with Crippen LogP contribution in [0.5, 0.6) is 0 Å². The van der Waals surface area contributed by atoms with Crippen LogP contribution in [0.4, 0.5) is 0 Å². The first kappa shape index (κ1) is 13.7. The molecule has 1 saturated heterocycles. The highest BCUT2D eigenvalue weighted by atomic mass is 16.6. The molecule has 0 unspecified atom stereocenters. The fourth-order valence-corrected chi connectivity index (χ4v) is 3.06. The van der Waals surface area contributed by atoms with Gasteiger partial charge in [0.1, 0.15) is 35.9 Å². The van der Waals surface area contributed by atoms with E-state index in [0.29, 0.717) is 17.7 Å². The minimum absolute atomic E-state index is 0.154. The standard InChI is InChI=1S/C17H16O5/c18-11-8-10(7-6-9-4-2-1-3-5-9)21-15-12(11)16-17(22-16)14(20)13(15)19/h1-5,8,13-14,16-17,19-20H,6-7H2/t13-,14-,16+,17-/m1/s1. The molecule has 114 valence electrons. The van der Waals surface area contributed by atoms with Crippen LogP contribution in [-0.2, 0) is 17.6 Å². The highest BCUT2D eigenvalue weighted by Crippen LogP contribution is 2.49. The summed E-state index contributed by atoms with van der Waals surface area (Å²) in [7, 11) is 0. The SMILES string of the molecule is O=c1cc(CCc2ccccc2)oc2c1[C@@H]1O[C@@H]1[C@H](O)[C@H]2O. The van der Waals surface area contributed by atoms with Crippen molar-refractivity contribution >= 4 is 0 Å². The van der Waals surface area contributed by atoms with Gasteiger partial charge in [-0.2, -0.15) is 0 Å². The van der Waals surface area contributed by atoms with Gasteiger partial charge in [-0.3, -0.25) is 4.79 Å². The molecule has 0 bridgehead atoms. The Morgan fingerprint density at radius 3 is 2.64 bits per heavy atom. The van der Waals surface area contributed by atoms with E-state index in [4.69, 9.17) is 9.15 Å². The van der Waals surface area contributed by atoms with Gasteiger partial charge in [0, 0.05) is 12.5 Å². The summed E-state index contributed by atoms with van der Waals surface area (Å²) in [5.74, 6) is 0.666. The molecule has 4 atom stereocenters. The zero-order chi connectivity index (χ0) is 15.3. The minimum atomic E-state index is -1.21. The van der Waals surface area contributed by atoms with Crippen molar-refractivity contribution in [3.8, 4) is 0 Å². The Bertz CT molecular complexity index is 751. The first-order valence-electron chi connectivity index (χ1n) is 7.37. The minimum Gasteiger partial charge on any atom is -0.463 e. The number of rotatable bonds is 3. The van der Waals surface area contributed by atoms with E-state index in [1.807, 2.05) is 30.3 Å². The second-order valence-electron chi connectivity index (χ2n) is 5.80. The monoisotopic (exact) mass is 300 g/mol. The zero-order valence-electron chi connectivity index (χ0n) is 11.8. The molecule has 0 saturated carbocycles. The van der Waals surface area contributed by atoms with E-state index in [2.05, 4.69) is 0 Å². The molecule has 2 aromatic rings. The molecule has 0 radical (unpaired) electrons. The van der Waals surface area contributed by atoms with Gasteiger partial charge in [-0.05, 0) is 12.0 Å². The number of aliphatic hydroxyl groups is 2. The van der Waals surface area contributed by atoms with E-state index >= 15 is 0 Å². The molecule has 5 heteroatoms. The second-order valence-corrected chi connectivity index (χ2v) is 5.80. The predicted molar refractivity (Wildman–Crippen MR) is 77.4 cm³/mol. The van der Waals surface area contributed by atoms with Gasteiger partial charge < -0.3 is 19.4 Å². The quantitative estimate of drug-likeness (QED) is 0.834. The average molecular weight is 300 g/mol. The fraction of sp³-hybridized carbons (Fsp3) is 0.353. The maximum Gasteiger partial charge on any atom is 0.191 e. The third-order valence-electron chi connectivity index (χ3n) is 4.31. The van der Waals surface area contributed by atoms with Crippen LogP contribution in [0.1, 0.15) is 34.9 Å². The Labute approximate surface area is 126 Å². The van der Waals surface area contributed by atoms with E-state index in [1.165, 1.54) is 6.07 Å². The molecule has 22 heavy (non-hydrogen) atoms. The summed E-state index contributed by atoms with van der Waals surface area (Å²) in [5.41, 5.74) is 1.31. The van der Waals surface area contributed by atoms with E-state index in [-0.39, 0.29) is 11.2 Å². The fourth-order valence-electron chi connectivity index (χ4n) is 3.06. The van der Waals surface area contributed by atoms with Gasteiger partial charge in [0.15, 0.2) is 5.43 Å². The Hall–Kier alpha value is -1.95. The molecule has 1 fully saturated rings. The molecule has 1 aliphatic heterocycles. The van der Waals surface area contributed by atoms with Crippen LogP contribution in [0.15, 0.2) is 45.6 Å². The van der Waals surface area contributed by atoms with Gasteiger partial charge in [0.25, 0.3) is 0 Å². The normalized spacial score (nSPS) is 28.8. The third kappa shape index (κ3) is 2.18. The molecular formula is C17H16O5. The van der Waals surface area contributed by atoms with Crippen molar-refractivity contribution in [2.45, 2.75) is 37.3 Å². The highest BCUT2D eigenvalue weighted by Gasteiger charge is 2.56. The predicted octanol–water partition coefficient (Wildman–Crippen LogP) is 1.27. The van der Waals surface area contributed by atoms with Crippen molar-refractivity contribution in [2.75, 3.05) is 0 Å². The molecule has 0 amide bonds. The van der Waals surface area contributed by atoms with Crippen LogP contribution in [0, 0.1) is 0 Å². The number of ether oxygens (including phenoxy) is 1. The highest BCUT2D eigenvalue weighted by molar-refractivity contribution is 5.33. The molecule has 1 aromatic carbocycles. The first-order valence-corrected chi connectivity index (χ1v) is 7.37. The number of hydrogen-bond acceptors (Lipinski definition) is 5. The summed E-state index contributed by atoms with van der Waals surface area (Å²) in [5, 5.41) is 20.0.